The Morgan fingerprint density at radius 3 is 2.46 bits per heavy atom. The smallest absolute Gasteiger partial charge is 0.451 e. The van der Waals surface area contributed by atoms with E-state index < -0.39 is 42.3 Å². The van der Waals surface area contributed by atoms with Crippen molar-refractivity contribution in [3.8, 4) is 5.88 Å². The van der Waals surface area contributed by atoms with Crippen LogP contribution in [0.15, 0.2) is 42.6 Å². The van der Waals surface area contributed by atoms with Gasteiger partial charge in [-0.15, -0.1) is 12.4 Å². The first-order valence-corrected chi connectivity index (χ1v) is 7.76. The molecule has 0 saturated heterocycles. The van der Waals surface area contributed by atoms with Gasteiger partial charge in [0.1, 0.15) is 13.2 Å². The van der Waals surface area contributed by atoms with Gasteiger partial charge < -0.3 is 15.2 Å². The van der Waals surface area contributed by atoms with Crippen molar-refractivity contribution in [1.29, 1.82) is 0 Å². The first-order chi connectivity index (χ1) is 12.8. The van der Waals surface area contributed by atoms with Crippen LogP contribution in [0.5, 0.6) is 5.88 Å². The van der Waals surface area contributed by atoms with Gasteiger partial charge in [-0.3, -0.25) is 9.59 Å². The molecule has 0 aliphatic heterocycles. The molecular weight excluding hydrogens is 403 g/mol. The zero-order chi connectivity index (χ0) is 19.9. The van der Waals surface area contributed by atoms with Crippen molar-refractivity contribution in [1.82, 2.24) is 9.97 Å². The molecule has 1 aromatic heterocycles. The average Bonchev–Trinajstić information content (AvgIpc) is 2.64. The molecule has 0 fully saturated rings. The molecule has 2 rings (SSSR count). The average molecular weight is 420 g/mol. The molecule has 0 saturated carbocycles. The highest BCUT2D eigenvalue weighted by Crippen LogP contribution is 2.26. The number of benzene rings is 1. The number of alkyl halides is 3. The Bertz CT molecular complexity index is 791. The standard InChI is InChI=1S/C17H16F3N3O4.ClH/c18-17(19,20)16-22-7-6-14(23-16)26-10-13(24)12(21)8-15(25)27-9-11-4-2-1-3-5-11;/h1-7,12H,8-10,21H2;1H/t12-;/m0./s1. The normalized spacial score (nSPS) is 11.9. The lowest BCUT2D eigenvalue weighted by Gasteiger charge is -2.12. The number of ketones is 1. The molecule has 0 spiro atoms. The lowest BCUT2D eigenvalue weighted by atomic mass is 10.1. The summed E-state index contributed by atoms with van der Waals surface area (Å²) in [6.45, 7) is -0.598. The second kappa shape index (κ2) is 10.6. The fourth-order valence-corrected chi connectivity index (χ4v) is 1.90. The first-order valence-electron chi connectivity index (χ1n) is 7.76. The number of esters is 1. The molecule has 0 unspecified atom stereocenters. The molecule has 0 aliphatic carbocycles. The van der Waals surface area contributed by atoms with Crippen LogP contribution in [-0.4, -0.2) is 34.4 Å². The monoisotopic (exact) mass is 419 g/mol. The van der Waals surface area contributed by atoms with Gasteiger partial charge in [-0.05, 0) is 5.56 Å². The molecule has 0 aliphatic rings. The molecule has 1 heterocycles. The lowest BCUT2D eigenvalue weighted by molar-refractivity contribution is -0.147. The second-order valence-electron chi connectivity index (χ2n) is 5.43. The van der Waals surface area contributed by atoms with E-state index in [9.17, 15) is 22.8 Å². The van der Waals surface area contributed by atoms with Gasteiger partial charge in [-0.25, -0.2) is 4.98 Å². The summed E-state index contributed by atoms with van der Waals surface area (Å²) >= 11 is 0. The third-order valence-corrected chi connectivity index (χ3v) is 3.29. The molecule has 1 atom stereocenters. The number of aromatic nitrogens is 2. The fourth-order valence-electron chi connectivity index (χ4n) is 1.90. The van der Waals surface area contributed by atoms with Crippen LogP contribution in [0.3, 0.4) is 0 Å². The van der Waals surface area contributed by atoms with Crippen LogP contribution in [-0.2, 0) is 27.1 Å². The van der Waals surface area contributed by atoms with Gasteiger partial charge in [-0.2, -0.15) is 18.2 Å². The summed E-state index contributed by atoms with van der Waals surface area (Å²) in [5.41, 5.74) is 6.38. The van der Waals surface area contributed by atoms with Crippen LogP contribution in [0.2, 0.25) is 0 Å². The van der Waals surface area contributed by atoms with Crippen molar-refractivity contribution in [3.63, 3.8) is 0 Å². The van der Waals surface area contributed by atoms with Crippen molar-refractivity contribution < 1.29 is 32.2 Å². The Morgan fingerprint density at radius 2 is 1.82 bits per heavy atom. The lowest BCUT2D eigenvalue weighted by Crippen LogP contribution is -2.36. The Hall–Kier alpha value is -2.72. The maximum Gasteiger partial charge on any atom is 0.451 e. The SMILES string of the molecule is Cl.N[C@@H](CC(=O)OCc1ccccc1)C(=O)COc1ccnc(C(F)(F)F)n1. The minimum absolute atomic E-state index is 0. The number of hydrogen-bond acceptors (Lipinski definition) is 7. The summed E-state index contributed by atoms with van der Waals surface area (Å²) in [6, 6.07) is 8.78. The Labute approximate surface area is 164 Å². The van der Waals surface area contributed by atoms with Crippen LogP contribution >= 0.6 is 12.4 Å². The van der Waals surface area contributed by atoms with Crippen molar-refractivity contribution in [2.45, 2.75) is 25.2 Å². The summed E-state index contributed by atoms with van der Waals surface area (Å²) in [6.07, 6.45) is -4.26. The Balaban J connectivity index is 0.00000392. The number of rotatable bonds is 8. The number of halogens is 4. The highest BCUT2D eigenvalue weighted by molar-refractivity contribution is 5.89. The topological polar surface area (TPSA) is 104 Å². The van der Waals surface area contributed by atoms with Crippen molar-refractivity contribution >= 4 is 24.2 Å². The highest BCUT2D eigenvalue weighted by Gasteiger charge is 2.35. The number of nitrogens with two attached hydrogens (primary N) is 1. The van der Waals surface area contributed by atoms with Crippen LogP contribution < -0.4 is 10.5 Å². The minimum Gasteiger partial charge on any atom is -0.470 e. The van der Waals surface area contributed by atoms with Crippen molar-refractivity contribution in [2.75, 3.05) is 6.61 Å². The number of hydrogen-bond donors (Lipinski definition) is 1. The molecule has 2 aromatic rings. The maximum absolute atomic E-state index is 12.5. The molecule has 7 nitrogen and oxygen atoms in total. The predicted molar refractivity (Wildman–Crippen MR) is 93.6 cm³/mol. The molecule has 0 radical (unpaired) electrons. The van der Waals surface area contributed by atoms with E-state index in [1.165, 1.54) is 0 Å². The van der Waals surface area contributed by atoms with Crippen LogP contribution in [0, 0.1) is 0 Å². The Morgan fingerprint density at radius 1 is 1.14 bits per heavy atom. The van der Waals surface area contributed by atoms with Gasteiger partial charge in [-0.1, -0.05) is 30.3 Å². The zero-order valence-electron chi connectivity index (χ0n) is 14.4. The number of carbonyl (C=O) groups is 2. The zero-order valence-corrected chi connectivity index (χ0v) is 15.2. The summed E-state index contributed by atoms with van der Waals surface area (Å²) in [7, 11) is 0. The van der Waals surface area contributed by atoms with E-state index in [4.69, 9.17) is 15.2 Å². The van der Waals surface area contributed by atoms with Crippen molar-refractivity contribution in [2.24, 2.45) is 5.73 Å². The predicted octanol–water partition coefficient (Wildman–Crippen LogP) is 2.33. The molecule has 0 amide bonds. The van der Waals surface area contributed by atoms with E-state index in [2.05, 4.69) is 9.97 Å². The summed E-state index contributed by atoms with van der Waals surface area (Å²) in [4.78, 5) is 29.8. The molecular formula is C17H17ClF3N3O4. The van der Waals surface area contributed by atoms with Crippen LogP contribution in [0.1, 0.15) is 17.8 Å². The van der Waals surface area contributed by atoms with Crippen molar-refractivity contribution in [3.05, 3.63) is 54.0 Å². The molecule has 28 heavy (non-hydrogen) atoms. The molecule has 0 bridgehead atoms. The van der Waals surface area contributed by atoms with E-state index in [0.717, 1.165) is 17.8 Å². The van der Waals surface area contributed by atoms with E-state index in [1.54, 1.807) is 24.3 Å². The summed E-state index contributed by atoms with van der Waals surface area (Å²) in [5.74, 6) is -3.18. The third kappa shape index (κ3) is 7.49. The van der Waals surface area contributed by atoms with Gasteiger partial charge in [0.15, 0.2) is 5.78 Å². The Kier molecular flexibility index (Phi) is 8.80. The number of carbonyl (C=O) groups excluding carboxylic acids is 2. The minimum atomic E-state index is -4.73. The van der Waals surface area contributed by atoms with Gasteiger partial charge in [0.05, 0.1) is 12.5 Å². The van der Waals surface area contributed by atoms with E-state index in [1.807, 2.05) is 6.07 Å². The van der Waals surface area contributed by atoms with E-state index in [-0.39, 0.29) is 25.4 Å². The van der Waals surface area contributed by atoms with Gasteiger partial charge in [0, 0.05) is 12.3 Å². The van der Waals surface area contributed by atoms with E-state index >= 15 is 0 Å². The first kappa shape index (κ1) is 23.3. The van der Waals surface area contributed by atoms with Gasteiger partial charge >= 0.3 is 12.1 Å². The fraction of sp³-hybridized carbons (Fsp3) is 0.294. The maximum atomic E-state index is 12.5. The van der Waals surface area contributed by atoms with E-state index in [0.29, 0.717) is 0 Å². The molecule has 11 heteroatoms. The molecule has 152 valence electrons. The largest absolute Gasteiger partial charge is 0.470 e. The quantitative estimate of drug-likeness (QED) is 0.655. The van der Waals surface area contributed by atoms with Gasteiger partial charge in [0.25, 0.3) is 0 Å². The molecule has 2 N–H and O–H groups in total. The summed E-state index contributed by atoms with van der Waals surface area (Å²) in [5, 5.41) is 0. The highest BCUT2D eigenvalue weighted by atomic mass is 35.5. The number of Topliss-reactive ketones (excluding diaryl/α,β-unsaturated/α-hetero) is 1. The third-order valence-electron chi connectivity index (χ3n) is 3.29. The van der Waals surface area contributed by atoms with Crippen LogP contribution in [0.4, 0.5) is 13.2 Å². The second-order valence-corrected chi connectivity index (χ2v) is 5.43. The molecule has 1 aromatic carbocycles. The number of nitrogens with zero attached hydrogens (tertiary/aromatic N) is 2. The summed E-state index contributed by atoms with van der Waals surface area (Å²) < 4.78 is 47.5. The van der Waals surface area contributed by atoms with Crippen LogP contribution in [0.25, 0.3) is 0 Å². The number of ether oxygens (including phenoxy) is 2. The van der Waals surface area contributed by atoms with Gasteiger partial charge in [0.2, 0.25) is 11.7 Å².